The number of nitrogens with zero attached hydrogens (tertiary/aromatic N) is 3. The van der Waals surface area contributed by atoms with Crippen LogP contribution in [-0.4, -0.2) is 43.1 Å². The molecule has 7 heteroatoms. The summed E-state index contributed by atoms with van der Waals surface area (Å²) in [7, 11) is 2.84. The third-order valence-corrected chi connectivity index (χ3v) is 3.98. The summed E-state index contributed by atoms with van der Waals surface area (Å²) in [5, 5.41) is 12.4. The van der Waals surface area contributed by atoms with E-state index in [4.69, 9.17) is 4.84 Å². The molecule has 1 aromatic carbocycles. The molecule has 1 aromatic rings. The van der Waals surface area contributed by atoms with Gasteiger partial charge in [0.25, 0.3) is 11.6 Å². The van der Waals surface area contributed by atoms with Gasteiger partial charge in [0.15, 0.2) is 0 Å². The van der Waals surface area contributed by atoms with Crippen LogP contribution in [0, 0.1) is 16.0 Å². The zero-order chi connectivity index (χ0) is 16.3. The highest BCUT2D eigenvalue weighted by molar-refractivity contribution is 5.95. The summed E-state index contributed by atoms with van der Waals surface area (Å²) in [6, 6.07) is 4.60. The standard InChI is InChI=1S/C15H21N3O4/c1-11-5-4-8-17(10-11)13-7-6-12(9-14(13)18(20)21)15(19)16(2)22-3/h6-7,9,11H,4-5,8,10H2,1-3H3/t11-/m0/s1. The lowest BCUT2D eigenvalue weighted by molar-refractivity contribution is -0.384. The van der Waals surface area contributed by atoms with Gasteiger partial charge in [-0.2, -0.15) is 0 Å². The Kier molecular flexibility index (Phi) is 4.97. The van der Waals surface area contributed by atoms with Gasteiger partial charge in [-0.1, -0.05) is 6.92 Å². The number of nitro benzene ring substituents is 1. The van der Waals surface area contributed by atoms with E-state index in [9.17, 15) is 14.9 Å². The van der Waals surface area contributed by atoms with Crippen LogP contribution >= 0.6 is 0 Å². The number of hydroxylamine groups is 2. The topological polar surface area (TPSA) is 75.9 Å². The van der Waals surface area contributed by atoms with Gasteiger partial charge in [0.05, 0.1) is 12.0 Å². The third-order valence-electron chi connectivity index (χ3n) is 3.98. The molecule has 0 saturated carbocycles. The van der Waals surface area contributed by atoms with Gasteiger partial charge in [0.2, 0.25) is 0 Å². The summed E-state index contributed by atoms with van der Waals surface area (Å²) in [6.07, 6.45) is 2.16. The maximum Gasteiger partial charge on any atom is 0.293 e. The largest absolute Gasteiger partial charge is 0.366 e. The van der Waals surface area contributed by atoms with Crippen LogP contribution in [0.15, 0.2) is 18.2 Å². The van der Waals surface area contributed by atoms with E-state index in [0.717, 1.165) is 31.0 Å². The fourth-order valence-electron chi connectivity index (χ4n) is 2.74. The maximum atomic E-state index is 12.1. The van der Waals surface area contributed by atoms with E-state index >= 15 is 0 Å². The van der Waals surface area contributed by atoms with Crippen molar-refractivity contribution in [3.05, 3.63) is 33.9 Å². The zero-order valence-corrected chi connectivity index (χ0v) is 13.1. The number of rotatable bonds is 4. The van der Waals surface area contributed by atoms with E-state index in [1.165, 1.54) is 20.2 Å². The zero-order valence-electron chi connectivity index (χ0n) is 13.1. The molecular weight excluding hydrogens is 286 g/mol. The molecule has 1 atom stereocenters. The van der Waals surface area contributed by atoms with Gasteiger partial charge < -0.3 is 4.90 Å². The first-order chi connectivity index (χ1) is 10.4. The van der Waals surface area contributed by atoms with Crippen LogP contribution in [0.1, 0.15) is 30.1 Å². The average Bonchev–Trinajstić information content (AvgIpc) is 2.52. The Balaban J connectivity index is 2.35. The highest BCUT2D eigenvalue weighted by Crippen LogP contribution is 2.32. The number of carbonyl (C=O) groups is 1. The van der Waals surface area contributed by atoms with E-state index in [-0.39, 0.29) is 11.3 Å². The highest BCUT2D eigenvalue weighted by Gasteiger charge is 2.25. The molecule has 7 nitrogen and oxygen atoms in total. The average molecular weight is 307 g/mol. The van der Waals surface area contributed by atoms with Crippen LogP contribution < -0.4 is 4.90 Å². The van der Waals surface area contributed by atoms with Crippen LogP contribution in [0.2, 0.25) is 0 Å². The van der Waals surface area contributed by atoms with Crippen molar-refractivity contribution in [2.24, 2.45) is 5.92 Å². The van der Waals surface area contributed by atoms with Crippen molar-refractivity contribution in [2.45, 2.75) is 19.8 Å². The van der Waals surface area contributed by atoms with Gasteiger partial charge in [-0.05, 0) is 30.9 Å². The minimum atomic E-state index is -0.432. The van der Waals surface area contributed by atoms with Gasteiger partial charge in [-0.15, -0.1) is 0 Å². The molecule has 22 heavy (non-hydrogen) atoms. The fourth-order valence-corrected chi connectivity index (χ4v) is 2.74. The number of nitro groups is 1. The van der Waals surface area contributed by atoms with E-state index in [2.05, 4.69) is 6.92 Å². The summed E-state index contributed by atoms with van der Waals surface area (Å²) in [6.45, 7) is 3.74. The molecule has 1 fully saturated rings. The Morgan fingerprint density at radius 1 is 1.50 bits per heavy atom. The number of piperidine rings is 1. The molecule has 1 amide bonds. The Labute approximate surface area is 129 Å². The molecule has 120 valence electrons. The lowest BCUT2D eigenvalue weighted by Gasteiger charge is -2.32. The summed E-state index contributed by atoms with van der Waals surface area (Å²) in [5.41, 5.74) is 0.780. The predicted molar refractivity (Wildman–Crippen MR) is 82.8 cm³/mol. The number of amides is 1. The first-order valence-electron chi connectivity index (χ1n) is 7.29. The molecule has 0 bridgehead atoms. The third kappa shape index (κ3) is 3.36. The molecule has 1 heterocycles. The van der Waals surface area contributed by atoms with Gasteiger partial charge in [-0.3, -0.25) is 19.7 Å². The Bertz CT molecular complexity index is 576. The van der Waals surface area contributed by atoms with Crippen LogP contribution in [0.25, 0.3) is 0 Å². The minimum absolute atomic E-state index is 0.0375. The highest BCUT2D eigenvalue weighted by atomic mass is 16.7. The molecule has 1 aliphatic rings. The van der Waals surface area contributed by atoms with E-state index in [1.807, 2.05) is 4.90 Å². The molecule has 2 rings (SSSR count). The lowest BCUT2D eigenvalue weighted by atomic mass is 9.99. The quantitative estimate of drug-likeness (QED) is 0.631. The summed E-state index contributed by atoms with van der Waals surface area (Å²) in [4.78, 5) is 29.9. The van der Waals surface area contributed by atoms with Gasteiger partial charge in [0.1, 0.15) is 5.69 Å². The van der Waals surface area contributed by atoms with Crippen molar-refractivity contribution in [1.82, 2.24) is 5.06 Å². The van der Waals surface area contributed by atoms with Crippen LogP contribution in [0.3, 0.4) is 0 Å². The number of hydrogen-bond acceptors (Lipinski definition) is 5. The second-order valence-corrected chi connectivity index (χ2v) is 5.64. The van der Waals surface area contributed by atoms with E-state index in [1.54, 1.807) is 12.1 Å². The van der Waals surface area contributed by atoms with Crippen molar-refractivity contribution >= 4 is 17.3 Å². The van der Waals surface area contributed by atoms with Crippen molar-refractivity contribution in [2.75, 3.05) is 32.1 Å². The smallest absolute Gasteiger partial charge is 0.293 e. The molecule has 0 N–H and O–H groups in total. The first kappa shape index (κ1) is 16.2. The minimum Gasteiger partial charge on any atom is -0.366 e. The number of hydrogen-bond donors (Lipinski definition) is 0. The molecule has 0 spiro atoms. The van der Waals surface area contributed by atoms with Crippen molar-refractivity contribution in [1.29, 1.82) is 0 Å². The molecule has 1 aliphatic heterocycles. The van der Waals surface area contributed by atoms with Crippen molar-refractivity contribution in [3.63, 3.8) is 0 Å². The molecule has 0 aromatic heterocycles. The summed E-state index contributed by atoms with van der Waals surface area (Å²) < 4.78 is 0. The van der Waals surface area contributed by atoms with Crippen LogP contribution in [0.5, 0.6) is 0 Å². The van der Waals surface area contributed by atoms with Gasteiger partial charge >= 0.3 is 0 Å². The van der Waals surface area contributed by atoms with Gasteiger partial charge in [-0.25, -0.2) is 5.06 Å². The van der Waals surface area contributed by atoms with Crippen molar-refractivity contribution < 1.29 is 14.6 Å². The normalized spacial score (nSPS) is 18.1. The van der Waals surface area contributed by atoms with Crippen LogP contribution in [0.4, 0.5) is 11.4 Å². The molecule has 0 aliphatic carbocycles. The molecule has 0 unspecified atom stereocenters. The molecule has 1 saturated heterocycles. The number of carbonyl (C=O) groups excluding carboxylic acids is 1. The van der Waals surface area contributed by atoms with E-state index in [0.29, 0.717) is 11.6 Å². The first-order valence-corrected chi connectivity index (χ1v) is 7.29. The monoisotopic (exact) mass is 307 g/mol. The predicted octanol–water partition coefficient (Wildman–Crippen LogP) is 2.46. The second kappa shape index (κ2) is 6.74. The summed E-state index contributed by atoms with van der Waals surface area (Å²) in [5.74, 6) is 0.0958. The summed E-state index contributed by atoms with van der Waals surface area (Å²) >= 11 is 0. The fraction of sp³-hybridized carbons (Fsp3) is 0.533. The van der Waals surface area contributed by atoms with Crippen molar-refractivity contribution in [3.8, 4) is 0 Å². The van der Waals surface area contributed by atoms with E-state index < -0.39 is 10.8 Å². The maximum absolute atomic E-state index is 12.1. The molecular formula is C15H21N3O4. The number of anilines is 1. The van der Waals surface area contributed by atoms with Crippen LogP contribution in [-0.2, 0) is 4.84 Å². The van der Waals surface area contributed by atoms with Gasteiger partial charge in [0, 0.05) is 31.8 Å². The molecule has 0 radical (unpaired) electrons. The lowest BCUT2D eigenvalue weighted by Crippen LogP contribution is -2.34. The SMILES string of the molecule is CON(C)C(=O)c1ccc(N2CCC[C@H](C)C2)c([N+](=O)[O-])c1. The Morgan fingerprint density at radius 3 is 2.82 bits per heavy atom. The Hall–Kier alpha value is -2.15. The number of benzene rings is 1. The second-order valence-electron chi connectivity index (χ2n) is 5.64. The Morgan fingerprint density at radius 2 is 2.23 bits per heavy atom.